The first kappa shape index (κ1) is 31.5. The molecule has 2 fully saturated rings. The molecule has 0 saturated carbocycles. The van der Waals surface area contributed by atoms with Crippen LogP contribution in [0.3, 0.4) is 0 Å². The van der Waals surface area contributed by atoms with E-state index in [2.05, 4.69) is 38.7 Å². The average molecular weight is 579 g/mol. The van der Waals surface area contributed by atoms with Crippen molar-refractivity contribution in [3.8, 4) is 0 Å². The van der Waals surface area contributed by atoms with Crippen molar-refractivity contribution in [2.24, 2.45) is 0 Å². The van der Waals surface area contributed by atoms with Crippen LogP contribution in [0.15, 0.2) is 41.9 Å². The Kier molecular flexibility index (Phi) is 10.4. The molecule has 0 aliphatic carbocycles. The lowest BCUT2D eigenvalue weighted by molar-refractivity contribution is -0.330. The summed E-state index contributed by atoms with van der Waals surface area (Å²) in [7, 11) is 1.35. The molecule has 1 aromatic rings. The molecule has 40 heavy (non-hydrogen) atoms. The van der Waals surface area contributed by atoms with Gasteiger partial charge >= 0.3 is 0 Å². The van der Waals surface area contributed by atoms with E-state index < -0.39 is 19.5 Å². The maximum atomic E-state index is 10.9. The van der Waals surface area contributed by atoms with Gasteiger partial charge in [-0.25, -0.2) is 0 Å². The molecule has 0 bridgehead atoms. The van der Waals surface area contributed by atoms with E-state index in [4.69, 9.17) is 32.8 Å². The highest BCUT2D eigenvalue weighted by Crippen LogP contribution is 2.51. The summed E-state index contributed by atoms with van der Waals surface area (Å²) < 4.78 is 43.5. The van der Waals surface area contributed by atoms with E-state index in [1.54, 1.807) is 14.2 Å². The molecule has 226 valence electrons. The number of ether oxygens (including phenoxy) is 6. The normalized spacial score (nSPS) is 32.5. The molecule has 8 nitrogen and oxygen atoms in total. The fraction of sp³-hybridized carbons (Fsp3) is 0.742. The van der Waals surface area contributed by atoms with Crippen LogP contribution in [0.4, 0.5) is 0 Å². The SMILES string of the molecule is COC(CCC1=C(O)C[C@@]2(C)O[C@@]3(C)[C@@H](O[Si](C)(C)C)C[C@H](CCCOCc4ccccc4)O[C@@H]3C[C@@H]2O1)OC. The van der Waals surface area contributed by atoms with Crippen LogP contribution in [-0.2, 0) is 39.5 Å². The maximum Gasteiger partial charge on any atom is 0.184 e. The van der Waals surface area contributed by atoms with Crippen LogP contribution in [-0.4, -0.2) is 76.2 Å². The number of benzene rings is 1. The maximum absolute atomic E-state index is 10.9. The smallest absolute Gasteiger partial charge is 0.184 e. The van der Waals surface area contributed by atoms with Gasteiger partial charge in [-0.3, -0.25) is 0 Å². The number of hydrogen-bond donors (Lipinski definition) is 1. The number of allylic oxidation sites excluding steroid dienone is 1. The lowest BCUT2D eigenvalue weighted by atomic mass is 9.74. The molecular weight excluding hydrogens is 528 g/mol. The van der Waals surface area contributed by atoms with Crippen molar-refractivity contribution in [1.29, 1.82) is 0 Å². The summed E-state index contributed by atoms with van der Waals surface area (Å²) >= 11 is 0. The molecule has 9 heteroatoms. The summed E-state index contributed by atoms with van der Waals surface area (Å²) in [6.45, 7) is 12.1. The van der Waals surface area contributed by atoms with E-state index in [1.807, 2.05) is 25.1 Å². The first-order chi connectivity index (χ1) is 19.0. The molecule has 0 unspecified atom stereocenters. The fourth-order valence-electron chi connectivity index (χ4n) is 6.27. The second-order valence-corrected chi connectivity index (χ2v) is 17.3. The Balaban J connectivity index is 1.42. The van der Waals surface area contributed by atoms with Crippen LogP contribution in [0.1, 0.15) is 64.4 Å². The topological polar surface area (TPSA) is 84.8 Å². The minimum absolute atomic E-state index is 0.0591. The Bertz CT molecular complexity index is 977. The van der Waals surface area contributed by atoms with Crippen molar-refractivity contribution in [2.75, 3.05) is 20.8 Å². The zero-order valence-corrected chi connectivity index (χ0v) is 26.4. The van der Waals surface area contributed by atoms with Crippen molar-refractivity contribution in [3.05, 3.63) is 47.4 Å². The standard InChI is InChI=1S/C31H50O8Si/c1-30-20-24(32)25(15-16-29(33-3)34-4)37-26(30)19-27-31(2,39-30)28(38-40(5,6)7)18-23(36-27)14-11-17-35-21-22-12-9-8-10-13-22/h8-10,12-13,23,26-29,32H,11,14-21H2,1-7H3/t23-,26-,27+,28-,30+,31+/m0/s1. The molecule has 2 saturated heterocycles. The van der Waals surface area contributed by atoms with Gasteiger partial charge in [0.25, 0.3) is 0 Å². The molecule has 1 aromatic carbocycles. The zero-order valence-electron chi connectivity index (χ0n) is 25.4. The Morgan fingerprint density at radius 3 is 2.45 bits per heavy atom. The number of methoxy groups -OCH3 is 2. The third kappa shape index (κ3) is 7.67. The van der Waals surface area contributed by atoms with Crippen molar-refractivity contribution in [1.82, 2.24) is 0 Å². The van der Waals surface area contributed by atoms with Crippen LogP contribution in [0, 0.1) is 0 Å². The number of hydrogen-bond acceptors (Lipinski definition) is 8. The van der Waals surface area contributed by atoms with Gasteiger partial charge in [-0.1, -0.05) is 30.3 Å². The predicted molar refractivity (Wildman–Crippen MR) is 156 cm³/mol. The summed E-state index contributed by atoms with van der Waals surface area (Å²) in [6, 6.07) is 10.3. The lowest BCUT2D eigenvalue weighted by Gasteiger charge is -2.59. The van der Waals surface area contributed by atoms with E-state index in [9.17, 15) is 5.11 Å². The van der Waals surface area contributed by atoms with Gasteiger partial charge in [0.2, 0.25) is 0 Å². The van der Waals surface area contributed by atoms with Crippen molar-refractivity contribution in [3.63, 3.8) is 0 Å². The minimum atomic E-state index is -1.87. The number of rotatable bonds is 13. The Hall–Kier alpha value is -1.46. The summed E-state index contributed by atoms with van der Waals surface area (Å²) in [5.41, 5.74) is -0.127. The quantitative estimate of drug-likeness (QED) is 0.167. The highest BCUT2D eigenvalue weighted by atomic mass is 28.4. The third-order valence-corrected chi connectivity index (χ3v) is 9.35. The summed E-state index contributed by atoms with van der Waals surface area (Å²) in [5, 5.41) is 10.9. The van der Waals surface area contributed by atoms with Gasteiger partial charge in [0.05, 0.1) is 24.9 Å². The lowest BCUT2D eigenvalue weighted by Crippen LogP contribution is -2.70. The fourth-order valence-corrected chi connectivity index (χ4v) is 7.45. The molecule has 6 atom stereocenters. The molecule has 3 aliphatic heterocycles. The molecule has 0 radical (unpaired) electrons. The van der Waals surface area contributed by atoms with Gasteiger partial charge in [0, 0.05) is 52.9 Å². The molecule has 4 rings (SSSR count). The van der Waals surface area contributed by atoms with E-state index in [1.165, 1.54) is 5.56 Å². The highest BCUT2D eigenvalue weighted by Gasteiger charge is 2.61. The molecule has 0 aromatic heterocycles. The minimum Gasteiger partial charge on any atom is -0.509 e. The van der Waals surface area contributed by atoms with E-state index >= 15 is 0 Å². The number of aliphatic hydroxyl groups excluding tert-OH is 1. The van der Waals surface area contributed by atoms with Gasteiger partial charge in [-0.15, -0.1) is 0 Å². The Morgan fingerprint density at radius 1 is 1.05 bits per heavy atom. The van der Waals surface area contributed by atoms with Crippen LogP contribution >= 0.6 is 0 Å². The largest absolute Gasteiger partial charge is 0.509 e. The summed E-state index contributed by atoms with van der Waals surface area (Å²) in [5.74, 6) is 0.825. The van der Waals surface area contributed by atoms with Gasteiger partial charge in [-0.05, 0) is 51.9 Å². The van der Waals surface area contributed by atoms with Crippen LogP contribution in [0.2, 0.25) is 19.6 Å². The number of aliphatic hydroxyl groups is 1. The first-order valence-corrected chi connectivity index (χ1v) is 18.1. The summed E-state index contributed by atoms with van der Waals surface area (Å²) in [6.07, 6.45) is 3.99. The molecule has 1 N–H and O–H groups in total. The van der Waals surface area contributed by atoms with Crippen molar-refractivity contribution in [2.45, 2.75) is 127 Å². The van der Waals surface area contributed by atoms with Crippen molar-refractivity contribution < 1.29 is 38.0 Å². The van der Waals surface area contributed by atoms with Crippen LogP contribution < -0.4 is 0 Å². The number of fused-ring (bicyclic) bond motifs is 2. The second kappa shape index (κ2) is 13.2. The second-order valence-electron chi connectivity index (χ2n) is 12.8. The van der Waals surface area contributed by atoms with Crippen molar-refractivity contribution >= 4 is 8.32 Å². The molecule has 0 spiro atoms. The van der Waals surface area contributed by atoms with Gasteiger partial charge in [0.1, 0.15) is 28.8 Å². The third-order valence-electron chi connectivity index (χ3n) is 8.35. The Morgan fingerprint density at radius 2 is 1.77 bits per heavy atom. The zero-order chi connectivity index (χ0) is 29.0. The van der Waals surface area contributed by atoms with Crippen LogP contribution in [0.5, 0.6) is 0 Å². The monoisotopic (exact) mass is 578 g/mol. The van der Waals surface area contributed by atoms with E-state index in [0.717, 1.165) is 19.3 Å². The average Bonchev–Trinajstić information content (AvgIpc) is 2.88. The summed E-state index contributed by atoms with van der Waals surface area (Å²) in [4.78, 5) is 0. The first-order valence-electron chi connectivity index (χ1n) is 14.7. The van der Waals surface area contributed by atoms with Gasteiger partial charge in [0.15, 0.2) is 14.6 Å². The van der Waals surface area contributed by atoms with E-state index in [0.29, 0.717) is 44.7 Å². The predicted octanol–water partition coefficient (Wildman–Crippen LogP) is 6.26. The molecule has 3 heterocycles. The molecule has 0 amide bonds. The molecule has 3 aliphatic rings. The van der Waals surface area contributed by atoms with Crippen LogP contribution in [0.25, 0.3) is 0 Å². The highest BCUT2D eigenvalue weighted by molar-refractivity contribution is 6.69. The van der Waals surface area contributed by atoms with Gasteiger partial charge in [-0.2, -0.15) is 0 Å². The van der Waals surface area contributed by atoms with E-state index in [-0.39, 0.29) is 36.5 Å². The Labute approximate surface area is 241 Å². The van der Waals surface area contributed by atoms with Gasteiger partial charge < -0.3 is 38.0 Å². The molecular formula is C31H50O8Si.